The van der Waals surface area contributed by atoms with Gasteiger partial charge in [-0.1, -0.05) is 25.2 Å². The van der Waals surface area contributed by atoms with E-state index in [4.69, 9.17) is 11.5 Å². The van der Waals surface area contributed by atoms with Crippen molar-refractivity contribution in [1.82, 2.24) is 15.1 Å². The van der Waals surface area contributed by atoms with E-state index in [1.54, 1.807) is 11.0 Å². The number of allylic oxidation sites excluding steroid dienone is 5. The number of hydrogen-bond acceptors (Lipinski definition) is 6. The molecule has 8 nitrogen and oxygen atoms in total. The van der Waals surface area contributed by atoms with E-state index in [1.807, 2.05) is 32.1 Å². The zero-order chi connectivity index (χ0) is 21.6. The van der Waals surface area contributed by atoms with Crippen molar-refractivity contribution in [2.45, 2.75) is 33.1 Å². The molecular formula is C21H29N5O3. The summed E-state index contributed by atoms with van der Waals surface area (Å²) in [6, 6.07) is 0. The highest BCUT2D eigenvalue weighted by Gasteiger charge is 2.40. The quantitative estimate of drug-likeness (QED) is 0.434. The first-order chi connectivity index (χ1) is 13.8. The van der Waals surface area contributed by atoms with Crippen LogP contribution in [0.25, 0.3) is 0 Å². The minimum atomic E-state index is -0.369. The van der Waals surface area contributed by atoms with Gasteiger partial charge >= 0.3 is 0 Å². The van der Waals surface area contributed by atoms with Crippen molar-refractivity contribution in [3.63, 3.8) is 0 Å². The highest BCUT2D eigenvalue weighted by Crippen LogP contribution is 2.30. The first kappa shape index (κ1) is 22.0. The number of carbonyl (C=O) groups excluding carboxylic acids is 3. The third kappa shape index (κ3) is 5.16. The summed E-state index contributed by atoms with van der Waals surface area (Å²) in [6.45, 7) is 4.40. The van der Waals surface area contributed by atoms with Crippen LogP contribution >= 0.6 is 0 Å². The summed E-state index contributed by atoms with van der Waals surface area (Å²) < 4.78 is 0. The topological polar surface area (TPSA) is 122 Å². The van der Waals surface area contributed by atoms with Crippen LogP contribution in [0.5, 0.6) is 0 Å². The van der Waals surface area contributed by atoms with E-state index in [-0.39, 0.29) is 30.1 Å². The van der Waals surface area contributed by atoms with Crippen LogP contribution in [-0.2, 0) is 14.4 Å². The molecule has 0 aromatic rings. The van der Waals surface area contributed by atoms with Crippen LogP contribution in [0.15, 0.2) is 58.7 Å². The van der Waals surface area contributed by atoms with Gasteiger partial charge in [0, 0.05) is 24.9 Å². The Balaban J connectivity index is 2.02. The summed E-state index contributed by atoms with van der Waals surface area (Å²) in [7, 11) is 1.45. The Hall–Kier alpha value is -3.29. The van der Waals surface area contributed by atoms with Gasteiger partial charge in [-0.25, -0.2) is 0 Å². The molecule has 3 amide bonds. The monoisotopic (exact) mass is 399 g/mol. The van der Waals surface area contributed by atoms with Crippen LogP contribution in [0.1, 0.15) is 33.1 Å². The van der Waals surface area contributed by atoms with Crippen molar-refractivity contribution < 1.29 is 14.4 Å². The van der Waals surface area contributed by atoms with Crippen LogP contribution in [0, 0.1) is 0 Å². The Bertz CT molecular complexity index is 848. The van der Waals surface area contributed by atoms with Crippen molar-refractivity contribution >= 4 is 17.7 Å². The van der Waals surface area contributed by atoms with Crippen LogP contribution in [-0.4, -0.2) is 47.7 Å². The van der Waals surface area contributed by atoms with Gasteiger partial charge in [-0.3, -0.25) is 19.3 Å². The Kier molecular flexibility index (Phi) is 7.41. The molecule has 0 aliphatic carbocycles. The summed E-state index contributed by atoms with van der Waals surface area (Å²) in [4.78, 5) is 39.5. The largest absolute Gasteiger partial charge is 0.398 e. The van der Waals surface area contributed by atoms with E-state index < -0.39 is 0 Å². The number of amides is 3. The lowest BCUT2D eigenvalue weighted by Crippen LogP contribution is -2.41. The molecule has 5 N–H and O–H groups in total. The summed E-state index contributed by atoms with van der Waals surface area (Å²) in [5.41, 5.74) is 14.1. The number of hydrogen-bond donors (Lipinski definition) is 3. The fraction of sp³-hybridized carbons (Fsp3) is 0.381. The van der Waals surface area contributed by atoms with Gasteiger partial charge in [0.2, 0.25) is 5.91 Å². The Morgan fingerprint density at radius 2 is 1.93 bits per heavy atom. The van der Waals surface area contributed by atoms with Gasteiger partial charge < -0.3 is 21.7 Å². The van der Waals surface area contributed by atoms with Gasteiger partial charge in [0.15, 0.2) is 0 Å². The number of carbonyl (C=O) groups is 3. The molecule has 29 heavy (non-hydrogen) atoms. The lowest BCUT2D eigenvalue weighted by atomic mass is 10.0. The highest BCUT2D eigenvalue weighted by atomic mass is 16.2. The predicted octanol–water partition coefficient (Wildman–Crippen LogP) is 1.01. The SMILES string of the molecule is C/C=C(\C=C/CC)C(/N)=C/C=C(\N)NC(=O)CN1CCCC2=C1C(=O)N(C)C2=O. The van der Waals surface area contributed by atoms with Crippen LogP contribution < -0.4 is 16.8 Å². The van der Waals surface area contributed by atoms with Crippen molar-refractivity contribution in [1.29, 1.82) is 0 Å². The van der Waals surface area contributed by atoms with E-state index in [0.717, 1.165) is 16.9 Å². The van der Waals surface area contributed by atoms with Crippen molar-refractivity contribution in [2.75, 3.05) is 20.1 Å². The number of nitrogens with zero attached hydrogens (tertiary/aromatic N) is 2. The number of imide groups is 1. The van der Waals surface area contributed by atoms with E-state index in [0.29, 0.717) is 36.4 Å². The average Bonchev–Trinajstić information content (AvgIpc) is 2.92. The fourth-order valence-corrected chi connectivity index (χ4v) is 3.25. The van der Waals surface area contributed by atoms with Gasteiger partial charge in [-0.2, -0.15) is 0 Å². The van der Waals surface area contributed by atoms with Gasteiger partial charge in [-0.05, 0) is 43.9 Å². The second-order valence-electron chi connectivity index (χ2n) is 6.87. The highest BCUT2D eigenvalue weighted by molar-refractivity contribution is 6.19. The molecule has 2 aliphatic rings. The maximum atomic E-state index is 12.4. The van der Waals surface area contributed by atoms with Gasteiger partial charge in [0.25, 0.3) is 11.8 Å². The zero-order valence-electron chi connectivity index (χ0n) is 17.2. The summed E-state index contributed by atoms with van der Waals surface area (Å²) in [5.74, 6) is -0.876. The molecule has 2 rings (SSSR count). The molecule has 0 saturated heterocycles. The zero-order valence-corrected chi connectivity index (χ0v) is 17.2. The third-order valence-electron chi connectivity index (χ3n) is 4.77. The molecule has 0 aromatic carbocycles. The maximum absolute atomic E-state index is 12.4. The molecule has 0 bridgehead atoms. The van der Waals surface area contributed by atoms with Crippen molar-refractivity contribution in [2.24, 2.45) is 11.5 Å². The fourth-order valence-electron chi connectivity index (χ4n) is 3.25. The van der Waals surface area contributed by atoms with E-state index in [9.17, 15) is 14.4 Å². The third-order valence-corrected chi connectivity index (χ3v) is 4.77. The predicted molar refractivity (Wildman–Crippen MR) is 111 cm³/mol. The molecule has 0 radical (unpaired) electrons. The lowest BCUT2D eigenvalue weighted by Gasteiger charge is -2.28. The van der Waals surface area contributed by atoms with Crippen molar-refractivity contribution in [3.05, 3.63) is 58.7 Å². The van der Waals surface area contributed by atoms with Gasteiger partial charge in [0.1, 0.15) is 11.5 Å². The molecule has 0 spiro atoms. The summed E-state index contributed by atoms with van der Waals surface area (Å²) in [6.07, 6.45) is 11.1. The lowest BCUT2D eigenvalue weighted by molar-refractivity contribution is -0.136. The van der Waals surface area contributed by atoms with Gasteiger partial charge in [0.05, 0.1) is 6.54 Å². The minimum absolute atomic E-state index is 0.0568. The molecule has 0 saturated carbocycles. The molecule has 2 aliphatic heterocycles. The minimum Gasteiger partial charge on any atom is -0.398 e. The Morgan fingerprint density at radius 1 is 1.21 bits per heavy atom. The number of nitrogens with one attached hydrogen (secondary N) is 1. The number of nitrogens with two attached hydrogens (primary N) is 2. The molecule has 0 atom stereocenters. The molecule has 2 heterocycles. The Morgan fingerprint density at radius 3 is 2.59 bits per heavy atom. The summed E-state index contributed by atoms with van der Waals surface area (Å²) >= 11 is 0. The molecule has 156 valence electrons. The van der Waals surface area contributed by atoms with E-state index in [1.165, 1.54) is 13.1 Å². The van der Waals surface area contributed by atoms with Crippen LogP contribution in [0.3, 0.4) is 0 Å². The first-order valence-corrected chi connectivity index (χ1v) is 9.66. The van der Waals surface area contributed by atoms with E-state index >= 15 is 0 Å². The second-order valence-corrected chi connectivity index (χ2v) is 6.87. The standard InChI is InChI=1S/C21H29N5O3/c1-4-6-8-14(5-2)16(22)10-11-17(23)24-18(27)13-26-12-7-9-15-19(26)21(29)25(3)20(15)28/h5-6,8,10-11H,4,7,9,12-13,22-23H2,1-3H3,(H,24,27)/b8-6-,14-5+,16-10-,17-11+. The second kappa shape index (κ2) is 9.77. The maximum Gasteiger partial charge on any atom is 0.277 e. The smallest absolute Gasteiger partial charge is 0.277 e. The molecule has 8 heteroatoms. The van der Waals surface area contributed by atoms with Crippen molar-refractivity contribution in [3.8, 4) is 0 Å². The van der Waals surface area contributed by atoms with E-state index in [2.05, 4.69) is 5.32 Å². The molecule has 0 fully saturated rings. The summed E-state index contributed by atoms with van der Waals surface area (Å²) in [5, 5.41) is 2.59. The van der Waals surface area contributed by atoms with Gasteiger partial charge in [-0.15, -0.1) is 0 Å². The molecule has 0 unspecified atom stereocenters. The van der Waals surface area contributed by atoms with Crippen LogP contribution in [0.2, 0.25) is 0 Å². The van der Waals surface area contributed by atoms with Crippen LogP contribution in [0.4, 0.5) is 0 Å². The molecule has 0 aromatic heterocycles. The normalized spacial score (nSPS) is 18.8. The first-order valence-electron chi connectivity index (χ1n) is 9.66. The average molecular weight is 399 g/mol. The molecular weight excluding hydrogens is 370 g/mol. The number of rotatable bonds is 7. The Labute approximate surface area is 171 Å². The number of likely N-dealkylation sites (N-methyl/N-ethyl adjacent to an activating group) is 1.